The Bertz CT molecular complexity index is 759. The molecule has 6 heteroatoms. The van der Waals surface area contributed by atoms with Crippen molar-refractivity contribution in [2.45, 2.75) is 6.42 Å². The average molecular weight is 355 g/mol. The van der Waals surface area contributed by atoms with Crippen molar-refractivity contribution in [1.82, 2.24) is 9.80 Å². The van der Waals surface area contributed by atoms with Crippen molar-refractivity contribution in [3.63, 3.8) is 0 Å². The van der Waals surface area contributed by atoms with Crippen LogP contribution in [-0.4, -0.2) is 54.3 Å². The number of carbonyl (C=O) groups excluding carboxylic acids is 2. The molecular weight excluding hydrogens is 333 g/mol. The fraction of sp³-hybridized carbons (Fsp3) is 0.300. The molecule has 1 aliphatic rings. The number of amides is 2. The Morgan fingerprint density at radius 2 is 1.69 bits per heavy atom. The molecule has 3 rings (SSSR count). The number of carbonyl (C=O) groups is 2. The van der Waals surface area contributed by atoms with Gasteiger partial charge in [-0.05, 0) is 30.3 Å². The van der Waals surface area contributed by atoms with E-state index < -0.39 is 5.82 Å². The first-order valence-corrected chi connectivity index (χ1v) is 8.74. The number of benzene rings is 2. The zero-order valence-electron chi connectivity index (χ0n) is 14.5. The summed E-state index contributed by atoms with van der Waals surface area (Å²) in [6, 6.07) is 15.1. The molecule has 2 aromatic rings. The van der Waals surface area contributed by atoms with Gasteiger partial charge >= 0.3 is 0 Å². The van der Waals surface area contributed by atoms with E-state index in [0.29, 0.717) is 44.7 Å². The number of hydrogen-bond acceptors (Lipinski definition) is 3. The molecule has 1 heterocycles. The highest BCUT2D eigenvalue weighted by Crippen LogP contribution is 2.11. The molecule has 0 bridgehead atoms. The number of piperazine rings is 1. The Balaban J connectivity index is 1.42. The molecule has 1 saturated heterocycles. The van der Waals surface area contributed by atoms with Crippen molar-refractivity contribution in [2.24, 2.45) is 0 Å². The number of hydrogen-bond donors (Lipinski definition) is 1. The van der Waals surface area contributed by atoms with Crippen LogP contribution in [0.25, 0.3) is 0 Å². The van der Waals surface area contributed by atoms with Gasteiger partial charge in [0.05, 0.1) is 0 Å². The summed E-state index contributed by atoms with van der Waals surface area (Å²) in [6.07, 6.45) is 0.409. The fourth-order valence-corrected chi connectivity index (χ4v) is 2.98. The summed E-state index contributed by atoms with van der Waals surface area (Å²) in [7, 11) is 0. The van der Waals surface area contributed by atoms with Crippen molar-refractivity contribution in [1.29, 1.82) is 0 Å². The summed E-state index contributed by atoms with van der Waals surface area (Å²) in [4.78, 5) is 28.3. The highest BCUT2D eigenvalue weighted by molar-refractivity contribution is 5.94. The van der Waals surface area contributed by atoms with Gasteiger partial charge < -0.3 is 10.2 Å². The number of nitrogens with zero attached hydrogens (tertiary/aromatic N) is 2. The minimum Gasteiger partial charge on any atom is -0.336 e. The molecule has 136 valence electrons. The summed E-state index contributed by atoms with van der Waals surface area (Å²) in [5, 5.41) is 2.87. The third-order valence-electron chi connectivity index (χ3n) is 4.44. The van der Waals surface area contributed by atoms with Crippen molar-refractivity contribution in [3.8, 4) is 0 Å². The molecule has 0 atom stereocenters. The number of nitrogens with one attached hydrogen (secondary N) is 1. The summed E-state index contributed by atoms with van der Waals surface area (Å²) in [5.74, 6) is -0.570. The maximum atomic E-state index is 13.3. The Morgan fingerprint density at radius 1 is 0.962 bits per heavy atom. The summed E-state index contributed by atoms with van der Waals surface area (Å²) in [6.45, 7) is 3.23. The van der Waals surface area contributed by atoms with Crippen LogP contribution in [0.5, 0.6) is 0 Å². The second-order valence-corrected chi connectivity index (χ2v) is 6.31. The Labute approximate surface area is 152 Å². The molecule has 26 heavy (non-hydrogen) atoms. The molecule has 0 unspecified atom stereocenters. The van der Waals surface area contributed by atoms with E-state index >= 15 is 0 Å². The molecule has 1 N–H and O–H groups in total. The zero-order valence-corrected chi connectivity index (χ0v) is 14.5. The first-order chi connectivity index (χ1) is 12.6. The molecule has 2 aromatic carbocycles. The first-order valence-electron chi connectivity index (χ1n) is 8.74. The van der Waals surface area contributed by atoms with Gasteiger partial charge in [-0.3, -0.25) is 14.5 Å². The van der Waals surface area contributed by atoms with E-state index in [4.69, 9.17) is 0 Å². The minimum absolute atomic E-state index is 0.0190. The normalized spacial score (nSPS) is 14.9. The molecule has 0 spiro atoms. The lowest BCUT2D eigenvalue weighted by molar-refractivity contribution is -0.116. The number of halogens is 1. The average Bonchev–Trinajstić information content (AvgIpc) is 2.67. The maximum absolute atomic E-state index is 13.3. The quantitative estimate of drug-likeness (QED) is 0.897. The van der Waals surface area contributed by atoms with Crippen molar-refractivity contribution >= 4 is 17.5 Å². The van der Waals surface area contributed by atoms with E-state index in [1.54, 1.807) is 17.0 Å². The van der Waals surface area contributed by atoms with Gasteiger partial charge in [0.25, 0.3) is 5.91 Å². The van der Waals surface area contributed by atoms with Gasteiger partial charge in [-0.15, -0.1) is 0 Å². The summed E-state index contributed by atoms with van der Waals surface area (Å²) in [5.41, 5.74) is 1.17. The molecule has 0 saturated carbocycles. The van der Waals surface area contributed by atoms with Crippen LogP contribution < -0.4 is 5.32 Å². The van der Waals surface area contributed by atoms with Crippen LogP contribution in [0.4, 0.5) is 10.1 Å². The SMILES string of the molecule is O=C(CCN1CCN(C(=O)c2cccc(F)c2)CC1)Nc1ccccc1. The van der Waals surface area contributed by atoms with Crippen molar-refractivity contribution < 1.29 is 14.0 Å². The molecule has 2 amide bonds. The molecule has 0 radical (unpaired) electrons. The second kappa shape index (κ2) is 8.58. The van der Waals surface area contributed by atoms with Gasteiger partial charge in [-0.25, -0.2) is 4.39 Å². The van der Waals surface area contributed by atoms with Crippen LogP contribution in [0.15, 0.2) is 54.6 Å². The van der Waals surface area contributed by atoms with Gasteiger partial charge in [0.2, 0.25) is 5.91 Å². The van der Waals surface area contributed by atoms with E-state index in [1.807, 2.05) is 30.3 Å². The number of rotatable bonds is 5. The highest BCUT2D eigenvalue weighted by atomic mass is 19.1. The smallest absolute Gasteiger partial charge is 0.254 e. The molecule has 1 aliphatic heterocycles. The van der Waals surface area contributed by atoms with Crippen LogP contribution in [0.2, 0.25) is 0 Å². The minimum atomic E-state index is -0.404. The van der Waals surface area contributed by atoms with E-state index in [9.17, 15) is 14.0 Å². The first kappa shape index (κ1) is 18.1. The van der Waals surface area contributed by atoms with Gasteiger partial charge in [-0.1, -0.05) is 24.3 Å². The van der Waals surface area contributed by atoms with Gasteiger partial charge in [0.1, 0.15) is 5.82 Å². The van der Waals surface area contributed by atoms with Crippen LogP contribution >= 0.6 is 0 Å². The summed E-state index contributed by atoms with van der Waals surface area (Å²) < 4.78 is 13.3. The standard InChI is InChI=1S/C20H22FN3O2/c21-17-6-4-5-16(15-17)20(26)24-13-11-23(12-14-24)10-9-19(25)22-18-7-2-1-3-8-18/h1-8,15H,9-14H2,(H,22,25). The Morgan fingerprint density at radius 3 is 2.38 bits per heavy atom. The van der Waals surface area contributed by atoms with Crippen LogP contribution in [-0.2, 0) is 4.79 Å². The lowest BCUT2D eigenvalue weighted by Gasteiger charge is -2.34. The van der Waals surface area contributed by atoms with Gasteiger partial charge in [0, 0.05) is 50.4 Å². The highest BCUT2D eigenvalue weighted by Gasteiger charge is 2.22. The Kier molecular flexibility index (Phi) is 5.96. The van der Waals surface area contributed by atoms with E-state index in [1.165, 1.54) is 12.1 Å². The lowest BCUT2D eigenvalue weighted by atomic mass is 10.1. The summed E-state index contributed by atoms with van der Waals surface area (Å²) >= 11 is 0. The second-order valence-electron chi connectivity index (χ2n) is 6.31. The molecule has 5 nitrogen and oxygen atoms in total. The van der Waals surface area contributed by atoms with Crippen LogP contribution in [0, 0.1) is 5.82 Å². The van der Waals surface area contributed by atoms with Crippen LogP contribution in [0.3, 0.4) is 0 Å². The van der Waals surface area contributed by atoms with Crippen molar-refractivity contribution in [2.75, 3.05) is 38.0 Å². The molecule has 0 aromatic heterocycles. The largest absolute Gasteiger partial charge is 0.336 e. The number of anilines is 1. The predicted octanol–water partition coefficient (Wildman–Crippen LogP) is 2.61. The molecular formula is C20H22FN3O2. The van der Waals surface area contributed by atoms with Crippen LogP contribution in [0.1, 0.15) is 16.8 Å². The molecule has 1 fully saturated rings. The van der Waals surface area contributed by atoms with E-state index in [0.717, 1.165) is 5.69 Å². The third kappa shape index (κ3) is 4.89. The lowest BCUT2D eigenvalue weighted by Crippen LogP contribution is -2.49. The van der Waals surface area contributed by atoms with Gasteiger partial charge in [-0.2, -0.15) is 0 Å². The predicted molar refractivity (Wildman–Crippen MR) is 98.4 cm³/mol. The number of para-hydroxylation sites is 1. The topological polar surface area (TPSA) is 52.7 Å². The zero-order chi connectivity index (χ0) is 18.4. The van der Waals surface area contributed by atoms with Crippen molar-refractivity contribution in [3.05, 3.63) is 66.0 Å². The van der Waals surface area contributed by atoms with E-state index in [2.05, 4.69) is 10.2 Å². The Hall–Kier alpha value is -2.73. The monoisotopic (exact) mass is 355 g/mol. The maximum Gasteiger partial charge on any atom is 0.254 e. The third-order valence-corrected chi connectivity index (χ3v) is 4.44. The fourth-order valence-electron chi connectivity index (χ4n) is 2.98. The molecule has 0 aliphatic carbocycles. The van der Waals surface area contributed by atoms with E-state index in [-0.39, 0.29) is 11.8 Å². The van der Waals surface area contributed by atoms with Gasteiger partial charge in [0.15, 0.2) is 0 Å².